The van der Waals surface area contributed by atoms with Crippen molar-refractivity contribution in [3.05, 3.63) is 7.05 Å². The molecule has 0 aromatic carbocycles. The number of halogens is 3. The Morgan fingerprint density at radius 2 is 2.00 bits per heavy atom. The standard InChI is InChI=1S/C3H3F3N4/c1-10-8-2(7-9-10)3(4,5)6/h10H,1H2. The van der Waals surface area contributed by atoms with E-state index in [9.17, 15) is 13.2 Å². The minimum Gasteiger partial charge on any atom is -0.192 e. The first kappa shape index (κ1) is 7.13. The van der Waals surface area contributed by atoms with E-state index in [2.05, 4.69) is 22.5 Å². The molecule has 10 heavy (non-hydrogen) atoms. The Bertz CT molecular complexity index is 192. The molecule has 1 atom stereocenters. The van der Waals surface area contributed by atoms with Crippen molar-refractivity contribution in [2.45, 2.75) is 6.18 Å². The van der Waals surface area contributed by atoms with E-state index in [4.69, 9.17) is 0 Å². The summed E-state index contributed by atoms with van der Waals surface area (Å²) in [7, 11) is 3.07. The maximum Gasteiger partial charge on any atom is 0.459 e. The molecule has 4 nitrogen and oxygen atoms in total. The van der Waals surface area contributed by atoms with Gasteiger partial charge in [0.2, 0.25) is 0 Å². The molecule has 0 saturated carbocycles. The van der Waals surface area contributed by atoms with Gasteiger partial charge in [0.15, 0.2) is 0 Å². The van der Waals surface area contributed by atoms with E-state index in [1.807, 2.05) is 0 Å². The SMILES string of the molecule is [CH2-][NH+]1N=NC(C(F)(F)F)=N1. The minimum absolute atomic E-state index is 0.215. The van der Waals surface area contributed by atoms with Crippen molar-refractivity contribution in [3.8, 4) is 0 Å². The zero-order valence-electron chi connectivity index (χ0n) is 4.68. The lowest BCUT2D eigenvalue weighted by Crippen LogP contribution is -2.95. The molecule has 0 saturated heterocycles. The van der Waals surface area contributed by atoms with Gasteiger partial charge in [-0.3, -0.25) is 0 Å². The molecule has 0 aliphatic carbocycles. The molecule has 0 aromatic rings. The van der Waals surface area contributed by atoms with E-state index in [-0.39, 0.29) is 5.12 Å². The van der Waals surface area contributed by atoms with E-state index in [0.717, 1.165) is 0 Å². The molecule has 1 N–H and O–H groups in total. The third-order valence-corrected chi connectivity index (χ3v) is 0.749. The Labute approximate surface area is 54.0 Å². The van der Waals surface area contributed by atoms with Crippen molar-refractivity contribution < 1.29 is 18.3 Å². The van der Waals surface area contributed by atoms with Crippen LogP contribution >= 0.6 is 0 Å². The molecular weight excluding hydrogens is 149 g/mol. The highest BCUT2D eigenvalue weighted by Crippen LogP contribution is 2.18. The van der Waals surface area contributed by atoms with Gasteiger partial charge in [-0.15, -0.1) is 0 Å². The fourth-order valence-corrected chi connectivity index (χ4v) is 0.392. The number of alkyl halides is 3. The predicted molar refractivity (Wildman–Crippen MR) is 24.7 cm³/mol. The van der Waals surface area contributed by atoms with E-state index in [1.54, 1.807) is 0 Å². The zero-order valence-corrected chi connectivity index (χ0v) is 4.68. The lowest BCUT2D eigenvalue weighted by atomic mass is 10.6. The number of hydrogen-bond donors (Lipinski definition) is 1. The van der Waals surface area contributed by atoms with Crippen molar-refractivity contribution in [1.82, 2.24) is 0 Å². The van der Waals surface area contributed by atoms with Gasteiger partial charge in [0, 0.05) is 5.22 Å². The molecule has 0 fully saturated rings. The first-order valence-electron chi connectivity index (χ1n) is 2.26. The Balaban J connectivity index is 2.78. The Kier molecular flexibility index (Phi) is 1.43. The average Bonchev–Trinajstić information content (AvgIpc) is 2.11. The second-order valence-electron chi connectivity index (χ2n) is 1.55. The summed E-state index contributed by atoms with van der Waals surface area (Å²) in [5.41, 5.74) is 0. The second-order valence-corrected chi connectivity index (χ2v) is 1.55. The number of hydrogen-bond acceptors (Lipinski definition) is 3. The summed E-state index contributed by atoms with van der Waals surface area (Å²) in [6.07, 6.45) is -4.51. The van der Waals surface area contributed by atoms with Crippen LogP contribution in [-0.2, 0) is 0 Å². The second kappa shape index (κ2) is 2.01. The minimum atomic E-state index is -4.51. The number of quaternary nitrogens is 1. The monoisotopic (exact) mass is 152 g/mol. The Morgan fingerprint density at radius 3 is 2.20 bits per heavy atom. The summed E-state index contributed by atoms with van der Waals surface area (Å²) in [6, 6.07) is 0. The van der Waals surface area contributed by atoms with Crippen LogP contribution in [0.4, 0.5) is 13.2 Å². The van der Waals surface area contributed by atoms with Crippen LogP contribution in [0.25, 0.3) is 0 Å². The normalized spacial score (nSPS) is 25.2. The van der Waals surface area contributed by atoms with Crippen LogP contribution in [0.2, 0.25) is 0 Å². The van der Waals surface area contributed by atoms with Crippen LogP contribution < -0.4 is 5.12 Å². The van der Waals surface area contributed by atoms with Crippen molar-refractivity contribution in [1.29, 1.82) is 0 Å². The van der Waals surface area contributed by atoms with Gasteiger partial charge in [-0.1, -0.05) is 17.3 Å². The van der Waals surface area contributed by atoms with Gasteiger partial charge in [0.25, 0.3) is 0 Å². The van der Waals surface area contributed by atoms with Crippen molar-refractivity contribution in [2.75, 3.05) is 0 Å². The predicted octanol–water partition coefficient (Wildman–Crippen LogP) is -0.0805. The molecular formula is C3H3F3N4. The maximum absolute atomic E-state index is 11.6. The Hall–Kier alpha value is -0.980. The van der Waals surface area contributed by atoms with Gasteiger partial charge < -0.3 is 0 Å². The van der Waals surface area contributed by atoms with E-state index in [1.165, 1.54) is 0 Å². The number of nitrogens with one attached hydrogen (secondary N) is 1. The van der Waals surface area contributed by atoms with E-state index in [0.29, 0.717) is 0 Å². The van der Waals surface area contributed by atoms with Crippen molar-refractivity contribution in [2.24, 2.45) is 15.4 Å². The quantitative estimate of drug-likeness (QED) is 0.472. The molecule has 0 amide bonds. The van der Waals surface area contributed by atoms with Gasteiger partial charge in [-0.05, 0) is 0 Å². The summed E-state index contributed by atoms with van der Waals surface area (Å²) >= 11 is 0. The lowest BCUT2D eigenvalue weighted by molar-refractivity contribution is -0.868. The summed E-state index contributed by atoms with van der Waals surface area (Å²) in [6.45, 7) is 0. The topological polar surface area (TPSA) is 41.5 Å². The zero-order chi connectivity index (χ0) is 7.78. The fraction of sp³-hybridized carbons (Fsp3) is 0.333. The van der Waals surface area contributed by atoms with Crippen LogP contribution in [0, 0.1) is 7.05 Å². The van der Waals surface area contributed by atoms with Crippen molar-refractivity contribution >= 4 is 5.84 Å². The lowest BCUT2D eigenvalue weighted by Gasteiger charge is -1.98. The molecule has 0 aromatic heterocycles. The van der Waals surface area contributed by atoms with Gasteiger partial charge in [-0.2, -0.15) is 18.3 Å². The molecule has 56 valence electrons. The largest absolute Gasteiger partial charge is 0.459 e. The van der Waals surface area contributed by atoms with Crippen LogP contribution in [0.5, 0.6) is 0 Å². The molecule has 1 rings (SSSR count). The van der Waals surface area contributed by atoms with Crippen LogP contribution in [0.15, 0.2) is 15.4 Å². The third-order valence-electron chi connectivity index (χ3n) is 0.749. The summed E-state index contributed by atoms with van der Waals surface area (Å²) < 4.78 is 34.8. The van der Waals surface area contributed by atoms with Crippen LogP contribution in [-0.4, -0.2) is 12.0 Å². The van der Waals surface area contributed by atoms with Crippen LogP contribution in [0.3, 0.4) is 0 Å². The molecule has 0 spiro atoms. The maximum atomic E-state index is 11.6. The first-order chi connectivity index (χ1) is 4.50. The highest BCUT2D eigenvalue weighted by Gasteiger charge is 2.40. The highest BCUT2D eigenvalue weighted by atomic mass is 19.4. The van der Waals surface area contributed by atoms with Crippen molar-refractivity contribution in [3.63, 3.8) is 0 Å². The molecule has 1 heterocycles. The molecule has 1 aliphatic rings. The van der Waals surface area contributed by atoms with Gasteiger partial charge in [0.05, 0.1) is 0 Å². The van der Waals surface area contributed by atoms with Gasteiger partial charge in [0.1, 0.15) is 0 Å². The van der Waals surface area contributed by atoms with Crippen LogP contribution in [0.1, 0.15) is 0 Å². The average molecular weight is 152 g/mol. The first-order valence-corrected chi connectivity index (χ1v) is 2.26. The third kappa shape index (κ3) is 1.29. The highest BCUT2D eigenvalue weighted by molar-refractivity contribution is 5.87. The van der Waals surface area contributed by atoms with E-state index < -0.39 is 12.0 Å². The number of rotatable bonds is 0. The molecule has 0 radical (unpaired) electrons. The summed E-state index contributed by atoms with van der Waals surface area (Å²) in [4.78, 5) is 0. The Morgan fingerprint density at radius 1 is 1.40 bits per heavy atom. The summed E-state index contributed by atoms with van der Waals surface area (Å²) in [5.74, 6) is -1.24. The molecule has 1 aliphatic heterocycles. The summed E-state index contributed by atoms with van der Waals surface area (Å²) in [5, 5.41) is 8.44. The molecule has 0 bridgehead atoms. The van der Waals surface area contributed by atoms with E-state index >= 15 is 0 Å². The molecule has 1 unspecified atom stereocenters. The van der Waals surface area contributed by atoms with Gasteiger partial charge >= 0.3 is 12.0 Å². The fourth-order valence-electron chi connectivity index (χ4n) is 0.392. The number of nitrogens with zero attached hydrogens (tertiary/aromatic N) is 3. The smallest absolute Gasteiger partial charge is 0.192 e. The number of amidine groups is 1. The molecule has 7 heteroatoms. The van der Waals surface area contributed by atoms with Gasteiger partial charge in [-0.25, -0.2) is 0 Å².